The summed E-state index contributed by atoms with van der Waals surface area (Å²) in [6, 6.07) is 15.6. The third-order valence-electron chi connectivity index (χ3n) is 3.77. The van der Waals surface area contributed by atoms with Crippen molar-refractivity contribution in [2.45, 2.75) is 12.0 Å². The number of nitrogens with two attached hydrogens (primary N) is 1. The first-order chi connectivity index (χ1) is 10.2. The zero-order chi connectivity index (χ0) is 14.8. The van der Waals surface area contributed by atoms with Crippen molar-refractivity contribution >= 4 is 33.0 Å². The molecule has 0 fully saturated rings. The van der Waals surface area contributed by atoms with Gasteiger partial charge in [-0.1, -0.05) is 48.0 Å². The van der Waals surface area contributed by atoms with E-state index in [-0.39, 0.29) is 5.92 Å². The number of hydrogen-bond donors (Lipinski definition) is 2. The average molecular weight is 318 g/mol. The van der Waals surface area contributed by atoms with Gasteiger partial charge >= 0.3 is 0 Å². The van der Waals surface area contributed by atoms with Crippen molar-refractivity contribution < 1.29 is 5.11 Å². The first-order valence-electron chi connectivity index (χ1n) is 6.81. The molecule has 0 aliphatic carbocycles. The van der Waals surface area contributed by atoms with Crippen LogP contribution in [0.2, 0.25) is 5.02 Å². The Kier molecular flexibility index (Phi) is 4.27. The van der Waals surface area contributed by atoms with Gasteiger partial charge in [-0.3, -0.25) is 0 Å². The molecule has 0 aliphatic rings. The quantitative estimate of drug-likeness (QED) is 0.752. The van der Waals surface area contributed by atoms with Gasteiger partial charge in [0.1, 0.15) is 0 Å². The molecule has 0 spiro atoms. The van der Waals surface area contributed by atoms with Gasteiger partial charge in [0.25, 0.3) is 0 Å². The molecule has 0 saturated carbocycles. The molecule has 4 heteroatoms. The zero-order valence-electron chi connectivity index (χ0n) is 11.4. The van der Waals surface area contributed by atoms with Gasteiger partial charge in [0.2, 0.25) is 0 Å². The van der Waals surface area contributed by atoms with E-state index in [4.69, 9.17) is 17.3 Å². The fourth-order valence-electron chi connectivity index (χ4n) is 2.65. The van der Waals surface area contributed by atoms with E-state index < -0.39 is 6.10 Å². The highest BCUT2D eigenvalue weighted by Gasteiger charge is 2.25. The molecule has 2 nitrogen and oxygen atoms in total. The summed E-state index contributed by atoms with van der Waals surface area (Å²) in [7, 11) is 0. The van der Waals surface area contributed by atoms with E-state index in [2.05, 4.69) is 6.07 Å². The Hall–Kier alpha value is -1.39. The molecule has 3 N–H and O–H groups in total. The van der Waals surface area contributed by atoms with Crippen LogP contribution in [0.4, 0.5) is 0 Å². The normalized spacial score (nSPS) is 14.2. The number of hydrogen-bond acceptors (Lipinski definition) is 3. The lowest BCUT2D eigenvalue weighted by atomic mass is 9.89. The third-order valence-corrected chi connectivity index (χ3v) is 5.10. The minimum absolute atomic E-state index is 0.211. The maximum atomic E-state index is 10.8. The van der Waals surface area contributed by atoms with Gasteiger partial charge in [-0.25, -0.2) is 0 Å². The predicted molar refractivity (Wildman–Crippen MR) is 90.0 cm³/mol. The molecule has 2 atom stereocenters. The molecule has 0 amide bonds. The Labute approximate surface area is 132 Å². The van der Waals surface area contributed by atoms with Gasteiger partial charge in [-0.05, 0) is 34.0 Å². The van der Waals surface area contributed by atoms with Crippen LogP contribution >= 0.6 is 22.9 Å². The highest BCUT2D eigenvalue weighted by molar-refractivity contribution is 7.17. The molecular formula is C17H16ClNOS. The molecular weight excluding hydrogens is 302 g/mol. The van der Waals surface area contributed by atoms with Gasteiger partial charge in [-0.15, -0.1) is 11.3 Å². The van der Waals surface area contributed by atoms with Crippen LogP contribution in [0.5, 0.6) is 0 Å². The number of benzene rings is 2. The Morgan fingerprint density at radius 3 is 2.52 bits per heavy atom. The van der Waals surface area contributed by atoms with Crippen molar-refractivity contribution in [1.82, 2.24) is 0 Å². The molecule has 0 radical (unpaired) electrons. The molecule has 2 unspecified atom stereocenters. The molecule has 0 aliphatic heterocycles. The van der Waals surface area contributed by atoms with Crippen molar-refractivity contribution in [2.24, 2.45) is 5.73 Å². The molecule has 0 bridgehead atoms. The highest BCUT2D eigenvalue weighted by atomic mass is 35.5. The van der Waals surface area contributed by atoms with Crippen LogP contribution in [-0.2, 0) is 0 Å². The highest BCUT2D eigenvalue weighted by Crippen LogP contribution is 2.39. The SMILES string of the molecule is NCC(c1ccccc1Cl)C(O)c1csc2ccccc12. The summed E-state index contributed by atoms with van der Waals surface area (Å²) < 4.78 is 1.17. The Morgan fingerprint density at radius 1 is 1.05 bits per heavy atom. The fraction of sp³-hybridized carbons (Fsp3) is 0.176. The van der Waals surface area contributed by atoms with Crippen LogP contribution in [0.1, 0.15) is 23.1 Å². The lowest BCUT2D eigenvalue weighted by molar-refractivity contribution is 0.149. The van der Waals surface area contributed by atoms with Crippen LogP contribution in [0, 0.1) is 0 Å². The molecule has 2 aromatic carbocycles. The summed E-state index contributed by atoms with van der Waals surface area (Å²) in [5.74, 6) is -0.211. The van der Waals surface area contributed by atoms with Gasteiger partial charge in [0.05, 0.1) is 6.10 Å². The van der Waals surface area contributed by atoms with Crippen LogP contribution in [0.3, 0.4) is 0 Å². The smallest absolute Gasteiger partial charge is 0.0885 e. The average Bonchev–Trinajstić information content (AvgIpc) is 2.93. The summed E-state index contributed by atoms with van der Waals surface area (Å²) in [4.78, 5) is 0. The van der Waals surface area contributed by atoms with E-state index in [0.717, 1.165) is 16.5 Å². The number of aliphatic hydroxyl groups is 1. The van der Waals surface area contributed by atoms with Gasteiger partial charge in [0.15, 0.2) is 0 Å². The minimum Gasteiger partial charge on any atom is -0.388 e. The predicted octanol–water partition coefficient (Wildman–Crippen LogP) is 4.33. The summed E-state index contributed by atoms with van der Waals surface area (Å²) in [6.07, 6.45) is -0.661. The molecule has 1 aromatic heterocycles. The van der Waals surface area contributed by atoms with Gasteiger partial charge in [-0.2, -0.15) is 0 Å². The lowest BCUT2D eigenvalue weighted by Crippen LogP contribution is -2.20. The maximum absolute atomic E-state index is 10.8. The molecule has 3 rings (SSSR count). The van der Waals surface area contributed by atoms with E-state index >= 15 is 0 Å². The molecule has 0 saturated heterocycles. The maximum Gasteiger partial charge on any atom is 0.0885 e. The van der Waals surface area contributed by atoms with Gasteiger partial charge < -0.3 is 10.8 Å². The first kappa shape index (κ1) is 14.5. The summed E-state index contributed by atoms with van der Waals surface area (Å²) in [5.41, 5.74) is 7.72. The lowest BCUT2D eigenvalue weighted by Gasteiger charge is -2.22. The second-order valence-electron chi connectivity index (χ2n) is 5.00. The van der Waals surface area contributed by atoms with Crippen molar-refractivity contribution in [3.8, 4) is 0 Å². The summed E-state index contributed by atoms with van der Waals surface area (Å²) in [6.45, 7) is 0.342. The van der Waals surface area contributed by atoms with Crippen LogP contribution in [-0.4, -0.2) is 11.7 Å². The van der Waals surface area contributed by atoms with Crippen LogP contribution in [0.25, 0.3) is 10.1 Å². The Bertz CT molecular complexity index is 755. The standard InChI is InChI=1S/C17H16ClNOS/c18-15-7-3-1-5-11(15)13(9-19)17(20)14-10-21-16-8-4-2-6-12(14)16/h1-8,10,13,17,20H,9,19H2. The third kappa shape index (κ3) is 2.70. The zero-order valence-corrected chi connectivity index (χ0v) is 12.9. The second-order valence-corrected chi connectivity index (χ2v) is 6.31. The number of thiophene rings is 1. The number of aliphatic hydroxyl groups excluding tert-OH is 1. The van der Waals surface area contributed by atoms with Crippen LogP contribution in [0.15, 0.2) is 53.9 Å². The van der Waals surface area contributed by atoms with Crippen molar-refractivity contribution in [3.63, 3.8) is 0 Å². The minimum atomic E-state index is -0.661. The van der Waals surface area contributed by atoms with E-state index in [1.165, 1.54) is 4.70 Å². The van der Waals surface area contributed by atoms with E-state index in [9.17, 15) is 5.11 Å². The molecule has 1 heterocycles. The van der Waals surface area contributed by atoms with Gasteiger partial charge in [0, 0.05) is 22.2 Å². The van der Waals surface area contributed by atoms with Crippen molar-refractivity contribution in [1.29, 1.82) is 0 Å². The second kappa shape index (κ2) is 6.16. The molecule has 21 heavy (non-hydrogen) atoms. The number of rotatable bonds is 4. The monoisotopic (exact) mass is 317 g/mol. The van der Waals surface area contributed by atoms with Crippen LogP contribution < -0.4 is 5.73 Å². The van der Waals surface area contributed by atoms with E-state index in [0.29, 0.717) is 11.6 Å². The fourth-order valence-corrected chi connectivity index (χ4v) is 3.91. The van der Waals surface area contributed by atoms with Crippen molar-refractivity contribution in [3.05, 3.63) is 70.1 Å². The Balaban J connectivity index is 2.03. The topological polar surface area (TPSA) is 46.2 Å². The Morgan fingerprint density at radius 2 is 1.76 bits per heavy atom. The van der Waals surface area contributed by atoms with Crippen molar-refractivity contribution in [2.75, 3.05) is 6.54 Å². The number of fused-ring (bicyclic) bond motifs is 1. The molecule has 108 valence electrons. The van der Waals surface area contributed by atoms with E-state index in [1.807, 2.05) is 47.8 Å². The summed E-state index contributed by atoms with van der Waals surface area (Å²) in [5, 5.41) is 14.6. The first-order valence-corrected chi connectivity index (χ1v) is 8.07. The van der Waals surface area contributed by atoms with E-state index in [1.54, 1.807) is 11.3 Å². The summed E-state index contributed by atoms with van der Waals surface area (Å²) >= 11 is 7.89. The molecule has 3 aromatic rings. The number of halogens is 1. The largest absolute Gasteiger partial charge is 0.388 e.